The van der Waals surface area contributed by atoms with Crippen LogP contribution in [0.1, 0.15) is 34.9 Å². The predicted octanol–water partition coefficient (Wildman–Crippen LogP) is 3.46. The van der Waals surface area contributed by atoms with Gasteiger partial charge in [0.05, 0.1) is 29.7 Å². The van der Waals surface area contributed by atoms with Crippen LogP contribution in [-0.2, 0) is 15.1 Å². The molecule has 0 radical (unpaired) electrons. The van der Waals surface area contributed by atoms with Gasteiger partial charge in [-0.2, -0.15) is 5.26 Å². The van der Waals surface area contributed by atoms with Crippen LogP contribution >= 0.6 is 11.3 Å². The Balaban J connectivity index is 1.89. The molecule has 0 aliphatic carbocycles. The monoisotopic (exact) mass is 381 g/mol. The van der Waals surface area contributed by atoms with Gasteiger partial charge >= 0.3 is 0 Å². The molecule has 1 unspecified atom stereocenters. The van der Waals surface area contributed by atoms with Gasteiger partial charge in [-0.1, -0.05) is 6.07 Å². The number of nitrogens with zero attached hydrogens (tertiary/aromatic N) is 3. The number of aliphatic hydroxyl groups is 1. The first-order valence-electron chi connectivity index (χ1n) is 8.60. The van der Waals surface area contributed by atoms with Gasteiger partial charge in [0.25, 0.3) is 0 Å². The summed E-state index contributed by atoms with van der Waals surface area (Å²) in [6, 6.07) is 8.00. The number of pyridine rings is 1. The predicted molar refractivity (Wildman–Crippen MR) is 102 cm³/mol. The topological polar surface area (TPSA) is 88.3 Å². The molecule has 2 aromatic heterocycles. The Hall–Kier alpha value is -2.37. The lowest BCUT2D eigenvalue weighted by Crippen LogP contribution is -2.48. The molecule has 0 amide bonds. The van der Waals surface area contributed by atoms with Crippen molar-refractivity contribution in [2.24, 2.45) is 0 Å². The number of benzene rings is 1. The van der Waals surface area contributed by atoms with Crippen LogP contribution in [0.25, 0.3) is 21.3 Å². The molecule has 1 aliphatic heterocycles. The molecule has 3 aromatic rings. The molecule has 1 N–H and O–H groups in total. The largest absolute Gasteiger partial charge is 0.389 e. The minimum absolute atomic E-state index is 0.344. The molecule has 27 heavy (non-hydrogen) atoms. The van der Waals surface area contributed by atoms with E-state index in [4.69, 9.17) is 9.47 Å². The van der Waals surface area contributed by atoms with E-state index in [1.165, 1.54) is 11.3 Å². The van der Waals surface area contributed by atoms with E-state index in [1.54, 1.807) is 20.2 Å². The number of aliphatic hydroxyl groups excluding tert-OH is 1. The number of methoxy groups -OCH3 is 1. The highest BCUT2D eigenvalue weighted by molar-refractivity contribution is 7.15. The Morgan fingerprint density at radius 1 is 1.37 bits per heavy atom. The van der Waals surface area contributed by atoms with Gasteiger partial charge in [-0.3, -0.25) is 0 Å². The van der Waals surface area contributed by atoms with Crippen molar-refractivity contribution in [2.45, 2.75) is 25.6 Å². The van der Waals surface area contributed by atoms with Crippen molar-refractivity contribution in [1.29, 1.82) is 5.26 Å². The fourth-order valence-electron chi connectivity index (χ4n) is 3.29. The van der Waals surface area contributed by atoms with Crippen molar-refractivity contribution in [1.82, 2.24) is 9.97 Å². The summed E-state index contributed by atoms with van der Waals surface area (Å²) in [6.07, 6.45) is 1.12. The minimum Gasteiger partial charge on any atom is -0.389 e. The zero-order valence-electron chi connectivity index (χ0n) is 15.3. The molecule has 1 atom stereocenters. The smallest absolute Gasteiger partial charge is 0.165 e. The summed E-state index contributed by atoms with van der Waals surface area (Å²) in [6.45, 7) is 4.63. The van der Waals surface area contributed by atoms with Gasteiger partial charge in [0.15, 0.2) is 5.60 Å². The van der Waals surface area contributed by atoms with Gasteiger partial charge in [0.1, 0.15) is 16.8 Å². The number of ether oxygens (including phenoxy) is 2. The molecule has 7 heteroatoms. The van der Waals surface area contributed by atoms with E-state index in [0.717, 1.165) is 26.4 Å². The van der Waals surface area contributed by atoms with Crippen molar-refractivity contribution in [2.75, 3.05) is 20.3 Å². The average molecular weight is 381 g/mol. The van der Waals surface area contributed by atoms with E-state index in [2.05, 4.69) is 16.0 Å². The van der Waals surface area contributed by atoms with Gasteiger partial charge in [-0.15, -0.1) is 11.3 Å². The highest BCUT2D eigenvalue weighted by Gasteiger charge is 2.43. The normalized spacial score (nSPS) is 16.7. The number of hydrogen-bond donors (Lipinski definition) is 1. The van der Waals surface area contributed by atoms with Crippen molar-refractivity contribution in [3.63, 3.8) is 0 Å². The number of rotatable bonds is 4. The molecule has 1 fully saturated rings. The fraction of sp³-hybridized carbons (Fsp3) is 0.350. The Kier molecular flexibility index (Phi) is 4.44. The number of nitriles is 1. The van der Waals surface area contributed by atoms with Crippen LogP contribution in [0.4, 0.5) is 0 Å². The molecule has 6 nitrogen and oxygen atoms in total. The second-order valence-corrected chi connectivity index (χ2v) is 7.84. The Morgan fingerprint density at radius 3 is 2.74 bits per heavy atom. The standard InChI is InChI=1S/C20H19N3O3S/c1-11-4-13(12(2)24)14-6-15(17(7-21)23-16(14)5-11)18-8-22-19(27-18)20(25-3)9-26-10-20/h4-6,8,12,24H,9-10H2,1-3H3. The summed E-state index contributed by atoms with van der Waals surface area (Å²) < 4.78 is 10.9. The summed E-state index contributed by atoms with van der Waals surface area (Å²) in [5.74, 6) is 0. The van der Waals surface area contributed by atoms with Crippen LogP contribution in [-0.4, -0.2) is 35.4 Å². The second kappa shape index (κ2) is 6.66. The van der Waals surface area contributed by atoms with Crippen molar-refractivity contribution < 1.29 is 14.6 Å². The molecule has 138 valence electrons. The van der Waals surface area contributed by atoms with Gasteiger partial charge in [0.2, 0.25) is 0 Å². The number of aryl methyl sites for hydroxylation is 1. The third kappa shape index (κ3) is 2.91. The van der Waals surface area contributed by atoms with E-state index >= 15 is 0 Å². The molecule has 1 saturated heterocycles. The Bertz CT molecular complexity index is 1060. The molecule has 0 spiro atoms. The SMILES string of the molecule is COC1(c2ncc(-c3cc4c(C(C)O)cc(C)cc4nc3C#N)s2)COC1. The lowest BCUT2D eigenvalue weighted by atomic mass is 9.98. The first-order chi connectivity index (χ1) is 13.0. The first-order valence-corrected chi connectivity index (χ1v) is 9.42. The van der Waals surface area contributed by atoms with Crippen molar-refractivity contribution >= 4 is 22.2 Å². The average Bonchev–Trinajstić information content (AvgIpc) is 3.09. The molecular weight excluding hydrogens is 362 g/mol. The Morgan fingerprint density at radius 2 is 2.15 bits per heavy atom. The maximum atomic E-state index is 10.2. The highest BCUT2D eigenvalue weighted by Crippen LogP contribution is 2.40. The van der Waals surface area contributed by atoms with Gasteiger partial charge in [0, 0.05) is 24.3 Å². The molecule has 1 aliphatic rings. The van der Waals surface area contributed by atoms with E-state index in [9.17, 15) is 10.4 Å². The highest BCUT2D eigenvalue weighted by atomic mass is 32.1. The second-order valence-electron chi connectivity index (χ2n) is 6.81. The van der Waals surface area contributed by atoms with Crippen LogP contribution in [0.3, 0.4) is 0 Å². The third-order valence-corrected chi connectivity index (χ3v) is 6.10. The van der Waals surface area contributed by atoms with E-state index < -0.39 is 11.7 Å². The summed E-state index contributed by atoms with van der Waals surface area (Å²) in [4.78, 5) is 9.91. The number of thiazole rings is 1. The van der Waals surface area contributed by atoms with Crippen LogP contribution in [0.5, 0.6) is 0 Å². The summed E-state index contributed by atoms with van der Waals surface area (Å²) >= 11 is 1.48. The number of aromatic nitrogens is 2. The molecular formula is C20H19N3O3S. The summed E-state index contributed by atoms with van der Waals surface area (Å²) in [5.41, 5.74) is 3.06. The minimum atomic E-state index is -0.629. The van der Waals surface area contributed by atoms with Crippen molar-refractivity contribution in [3.05, 3.63) is 46.2 Å². The Labute approximate surface area is 161 Å². The maximum Gasteiger partial charge on any atom is 0.165 e. The van der Waals surface area contributed by atoms with E-state index in [-0.39, 0.29) is 0 Å². The van der Waals surface area contributed by atoms with Crippen LogP contribution in [0, 0.1) is 18.3 Å². The van der Waals surface area contributed by atoms with E-state index in [0.29, 0.717) is 30.0 Å². The van der Waals surface area contributed by atoms with Crippen LogP contribution in [0.15, 0.2) is 24.4 Å². The van der Waals surface area contributed by atoms with Crippen LogP contribution < -0.4 is 0 Å². The van der Waals surface area contributed by atoms with Gasteiger partial charge < -0.3 is 14.6 Å². The summed E-state index contributed by atoms with van der Waals surface area (Å²) in [5, 5.41) is 21.5. The lowest BCUT2D eigenvalue weighted by molar-refractivity contribution is -0.202. The quantitative estimate of drug-likeness (QED) is 0.744. The molecule has 0 saturated carbocycles. The third-order valence-electron chi connectivity index (χ3n) is 4.89. The van der Waals surface area contributed by atoms with Crippen LogP contribution in [0.2, 0.25) is 0 Å². The molecule has 1 aromatic carbocycles. The van der Waals surface area contributed by atoms with Gasteiger partial charge in [-0.25, -0.2) is 9.97 Å². The number of fused-ring (bicyclic) bond motifs is 1. The fourth-order valence-corrected chi connectivity index (χ4v) is 4.37. The molecule has 0 bridgehead atoms. The summed E-state index contributed by atoms with van der Waals surface area (Å²) in [7, 11) is 1.65. The molecule has 4 rings (SSSR count). The van der Waals surface area contributed by atoms with E-state index in [1.807, 2.05) is 25.1 Å². The zero-order chi connectivity index (χ0) is 19.2. The maximum absolute atomic E-state index is 10.2. The first kappa shape index (κ1) is 18.0. The zero-order valence-corrected chi connectivity index (χ0v) is 16.1. The van der Waals surface area contributed by atoms with Gasteiger partial charge in [-0.05, 0) is 37.1 Å². The lowest BCUT2D eigenvalue weighted by Gasteiger charge is -2.38. The van der Waals surface area contributed by atoms with Crippen molar-refractivity contribution in [3.8, 4) is 16.5 Å². The molecule has 3 heterocycles. The number of hydrogen-bond acceptors (Lipinski definition) is 7.